The summed E-state index contributed by atoms with van der Waals surface area (Å²) in [5.41, 5.74) is -0.291. The number of nitrogens with zero attached hydrogens (tertiary/aromatic N) is 3. The number of hydrogen-bond acceptors (Lipinski definition) is 10. The fourth-order valence-electron chi connectivity index (χ4n) is 3.15. The Morgan fingerprint density at radius 3 is 2.61 bits per heavy atom. The van der Waals surface area contributed by atoms with Crippen molar-refractivity contribution in [1.82, 2.24) is 19.5 Å². The van der Waals surface area contributed by atoms with Crippen LogP contribution in [-0.4, -0.2) is 78.6 Å². The van der Waals surface area contributed by atoms with Gasteiger partial charge in [-0.25, -0.2) is 9.97 Å². The lowest BCUT2D eigenvalue weighted by atomic mass is 10.1. The number of aromatic nitrogens is 4. The van der Waals surface area contributed by atoms with E-state index in [2.05, 4.69) is 15.0 Å². The van der Waals surface area contributed by atoms with E-state index >= 15 is 0 Å². The van der Waals surface area contributed by atoms with Crippen molar-refractivity contribution >= 4 is 18.8 Å². The molecule has 0 aliphatic carbocycles. The normalized spacial score (nSPS) is 26.8. The van der Waals surface area contributed by atoms with Crippen molar-refractivity contribution in [3.05, 3.63) is 23.0 Å². The van der Waals surface area contributed by atoms with Gasteiger partial charge in [0, 0.05) is 0 Å². The highest BCUT2D eigenvalue weighted by Gasteiger charge is 2.49. The maximum absolute atomic E-state index is 12.6. The van der Waals surface area contributed by atoms with Crippen molar-refractivity contribution in [1.29, 1.82) is 0 Å². The Hall–Kier alpha value is -1.66. The van der Waals surface area contributed by atoms with Gasteiger partial charge in [-0.3, -0.25) is 13.9 Å². The van der Waals surface area contributed by atoms with Crippen molar-refractivity contribution in [2.75, 3.05) is 19.4 Å². The van der Waals surface area contributed by atoms with Gasteiger partial charge in [-0.15, -0.1) is 0 Å². The van der Waals surface area contributed by atoms with Crippen LogP contribution in [0.15, 0.2) is 17.4 Å². The standard InChI is InChI=1S/C15H23N4O8P/c1-3-25-28(24,26-4-2)5-8(20)12-10(21)11(22)15(27-12)19-7-18-9-13(19)16-6-17-14(9)23/h6-8,10-12,15,20-22H,3-5H2,1-2H3,(H,16,17,23)/t8-,10+,11-,12-,15-/m1/s1. The highest BCUT2D eigenvalue weighted by Crippen LogP contribution is 2.49. The minimum absolute atomic E-state index is 0.0361. The third-order valence-electron chi connectivity index (χ3n) is 4.36. The number of rotatable bonds is 8. The topological polar surface area (TPSA) is 169 Å². The van der Waals surface area contributed by atoms with Gasteiger partial charge in [0.2, 0.25) is 0 Å². The Kier molecular flexibility index (Phi) is 6.30. The zero-order chi connectivity index (χ0) is 20.5. The Labute approximate surface area is 159 Å². The van der Waals surface area contributed by atoms with Gasteiger partial charge in [0.05, 0.1) is 38.1 Å². The smallest absolute Gasteiger partial charge is 0.333 e. The van der Waals surface area contributed by atoms with Crippen LogP contribution in [0.25, 0.3) is 11.2 Å². The molecule has 3 heterocycles. The largest absolute Gasteiger partial charge is 0.390 e. The summed E-state index contributed by atoms with van der Waals surface area (Å²) < 4.78 is 29.8. The number of ether oxygens (including phenoxy) is 1. The van der Waals surface area contributed by atoms with E-state index in [1.807, 2.05) is 0 Å². The molecular weight excluding hydrogens is 395 g/mol. The van der Waals surface area contributed by atoms with Crippen LogP contribution >= 0.6 is 7.60 Å². The summed E-state index contributed by atoms with van der Waals surface area (Å²) in [6.45, 7) is 3.50. The van der Waals surface area contributed by atoms with Crippen LogP contribution in [0.2, 0.25) is 0 Å². The minimum Gasteiger partial charge on any atom is -0.390 e. The molecule has 0 amide bonds. The first kappa shape index (κ1) is 21.1. The van der Waals surface area contributed by atoms with Gasteiger partial charge in [0.15, 0.2) is 17.4 Å². The zero-order valence-electron chi connectivity index (χ0n) is 15.3. The van der Waals surface area contributed by atoms with Gasteiger partial charge < -0.3 is 34.1 Å². The number of nitrogens with one attached hydrogen (secondary N) is 1. The van der Waals surface area contributed by atoms with Gasteiger partial charge >= 0.3 is 7.60 Å². The third-order valence-corrected chi connectivity index (χ3v) is 6.48. The van der Waals surface area contributed by atoms with Crippen LogP contribution in [0.3, 0.4) is 0 Å². The predicted octanol–water partition coefficient (Wildman–Crippen LogP) is -0.634. The van der Waals surface area contributed by atoms with E-state index in [1.54, 1.807) is 13.8 Å². The number of imidazole rings is 1. The SMILES string of the molecule is CCOP(=O)(C[C@@H](O)[C@H]1O[C@@H](n2cnc3c(=O)[nH]cnc32)[C@H](O)[C@@H]1O)OCC. The Bertz CT molecular complexity index is 907. The summed E-state index contributed by atoms with van der Waals surface area (Å²) in [6, 6.07) is 0. The van der Waals surface area contributed by atoms with E-state index in [4.69, 9.17) is 13.8 Å². The Morgan fingerprint density at radius 2 is 1.96 bits per heavy atom. The summed E-state index contributed by atoms with van der Waals surface area (Å²) in [5, 5.41) is 31.2. The highest BCUT2D eigenvalue weighted by atomic mass is 31.2. The van der Waals surface area contributed by atoms with Gasteiger partial charge in [0.1, 0.15) is 18.3 Å². The lowest BCUT2D eigenvalue weighted by molar-refractivity contribution is -0.0780. The number of H-pyrrole nitrogens is 1. The Morgan fingerprint density at radius 1 is 1.29 bits per heavy atom. The molecule has 0 spiro atoms. The highest BCUT2D eigenvalue weighted by molar-refractivity contribution is 7.53. The molecule has 0 unspecified atom stereocenters. The second kappa shape index (κ2) is 8.37. The molecule has 1 aliphatic heterocycles. The molecular formula is C15H23N4O8P. The van der Waals surface area contributed by atoms with Gasteiger partial charge in [-0.05, 0) is 13.8 Å². The van der Waals surface area contributed by atoms with Crippen LogP contribution in [0.1, 0.15) is 20.1 Å². The van der Waals surface area contributed by atoms with E-state index in [0.29, 0.717) is 0 Å². The fraction of sp³-hybridized carbons (Fsp3) is 0.667. The first-order valence-electron chi connectivity index (χ1n) is 8.79. The van der Waals surface area contributed by atoms with Crippen molar-refractivity contribution in [2.45, 2.75) is 44.5 Å². The van der Waals surface area contributed by atoms with E-state index in [0.717, 1.165) is 0 Å². The second-order valence-electron chi connectivity index (χ2n) is 6.22. The number of aromatic amines is 1. The van der Waals surface area contributed by atoms with E-state index < -0.39 is 50.0 Å². The average Bonchev–Trinajstić information content (AvgIpc) is 3.18. The van der Waals surface area contributed by atoms with Crippen LogP contribution in [0.4, 0.5) is 0 Å². The van der Waals surface area contributed by atoms with Crippen molar-refractivity contribution < 1.29 is 33.7 Å². The lowest BCUT2D eigenvalue weighted by Crippen LogP contribution is -2.40. The van der Waals surface area contributed by atoms with E-state index in [1.165, 1.54) is 17.2 Å². The molecule has 5 atom stereocenters. The summed E-state index contributed by atoms with van der Waals surface area (Å²) >= 11 is 0. The van der Waals surface area contributed by atoms with Crippen LogP contribution in [0.5, 0.6) is 0 Å². The zero-order valence-corrected chi connectivity index (χ0v) is 16.2. The molecule has 13 heteroatoms. The van der Waals surface area contributed by atoms with Gasteiger partial charge in [-0.2, -0.15) is 0 Å². The van der Waals surface area contributed by atoms with E-state index in [9.17, 15) is 24.7 Å². The van der Waals surface area contributed by atoms with Gasteiger partial charge in [-0.1, -0.05) is 0 Å². The quantitative estimate of drug-likeness (QED) is 0.405. The molecule has 12 nitrogen and oxygen atoms in total. The molecule has 1 aliphatic rings. The number of aliphatic hydroxyl groups excluding tert-OH is 3. The Balaban J connectivity index is 1.82. The molecule has 3 rings (SSSR count). The molecule has 28 heavy (non-hydrogen) atoms. The maximum Gasteiger partial charge on any atom is 0.333 e. The van der Waals surface area contributed by atoms with Crippen molar-refractivity contribution in [2.24, 2.45) is 0 Å². The van der Waals surface area contributed by atoms with Crippen LogP contribution in [-0.2, 0) is 18.3 Å². The molecule has 4 N–H and O–H groups in total. The molecule has 2 aromatic heterocycles. The average molecular weight is 418 g/mol. The van der Waals surface area contributed by atoms with Gasteiger partial charge in [0.25, 0.3) is 5.56 Å². The summed E-state index contributed by atoms with van der Waals surface area (Å²) in [7, 11) is -3.60. The molecule has 156 valence electrons. The third kappa shape index (κ3) is 3.90. The summed E-state index contributed by atoms with van der Waals surface area (Å²) in [4.78, 5) is 22.1. The second-order valence-corrected chi connectivity index (χ2v) is 8.33. The molecule has 0 bridgehead atoms. The summed E-state index contributed by atoms with van der Waals surface area (Å²) in [6.07, 6.45) is -4.81. The molecule has 0 aromatic carbocycles. The number of aliphatic hydroxyl groups is 3. The fourth-order valence-corrected chi connectivity index (χ4v) is 4.89. The first-order chi connectivity index (χ1) is 13.3. The van der Waals surface area contributed by atoms with Crippen molar-refractivity contribution in [3.8, 4) is 0 Å². The molecule has 1 fully saturated rings. The minimum atomic E-state index is -3.60. The number of fused-ring (bicyclic) bond motifs is 1. The number of hydrogen-bond donors (Lipinski definition) is 4. The van der Waals surface area contributed by atoms with Crippen molar-refractivity contribution in [3.63, 3.8) is 0 Å². The predicted molar refractivity (Wildman–Crippen MR) is 95.8 cm³/mol. The molecule has 0 saturated carbocycles. The van der Waals surface area contributed by atoms with Crippen LogP contribution < -0.4 is 5.56 Å². The molecule has 1 saturated heterocycles. The monoisotopic (exact) mass is 418 g/mol. The summed E-state index contributed by atoms with van der Waals surface area (Å²) in [5.74, 6) is 0. The van der Waals surface area contributed by atoms with Crippen LogP contribution in [0, 0.1) is 0 Å². The maximum atomic E-state index is 12.6. The first-order valence-corrected chi connectivity index (χ1v) is 10.5. The molecule has 2 aromatic rings. The lowest BCUT2D eigenvalue weighted by Gasteiger charge is -2.25. The molecule has 0 radical (unpaired) electrons. The van der Waals surface area contributed by atoms with E-state index in [-0.39, 0.29) is 24.4 Å².